The number of hydrogen-bond acceptors (Lipinski definition) is 7. The molecule has 1 amide bonds. The van der Waals surface area contributed by atoms with E-state index in [2.05, 4.69) is 15.3 Å². The molecule has 1 unspecified atom stereocenters. The summed E-state index contributed by atoms with van der Waals surface area (Å²) < 4.78 is 12.7. The number of hydrogen-bond donors (Lipinski definition) is 3. The van der Waals surface area contributed by atoms with Crippen LogP contribution in [0, 0.1) is 0 Å². The first kappa shape index (κ1) is 16.7. The molecule has 27 heavy (non-hydrogen) atoms. The van der Waals surface area contributed by atoms with Crippen LogP contribution >= 0.6 is 0 Å². The number of rotatable bonds is 5. The number of carbonyl (C=O) groups is 1. The molecule has 4 rings (SSSR count). The van der Waals surface area contributed by atoms with Gasteiger partial charge in [0.05, 0.1) is 18.1 Å². The van der Waals surface area contributed by atoms with Crippen molar-refractivity contribution < 1.29 is 14.3 Å². The molecule has 2 heterocycles. The van der Waals surface area contributed by atoms with Crippen LogP contribution in [0.15, 0.2) is 47.5 Å². The summed E-state index contributed by atoms with van der Waals surface area (Å²) in [4.78, 5) is 20.1. The van der Waals surface area contributed by atoms with Gasteiger partial charge in [0.25, 0.3) is 5.91 Å². The molecule has 5 N–H and O–H groups in total. The maximum atomic E-state index is 11.0. The van der Waals surface area contributed by atoms with Crippen molar-refractivity contribution in [2.75, 3.05) is 19.0 Å². The minimum atomic E-state index is -0.564. The lowest BCUT2D eigenvalue weighted by Gasteiger charge is -2.24. The molecule has 1 aliphatic rings. The van der Waals surface area contributed by atoms with Crippen LogP contribution in [0.25, 0.3) is 11.0 Å². The fourth-order valence-electron chi connectivity index (χ4n) is 3.05. The topological polar surface area (TPSA) is 130 Å². The second kappa shape index (κ2) is 6.52. The summed E-state index contributed by atoms with van der Waals surface area (Å²) in [6, 6.07) is 13.1. The molecule has 9 heteroatoms. The molecular weight excluding hydrogens is 348 g/mol. The van der Waals surface area contributed by atoms with Crippen molar-refractivity contribution in [3.05, 3.63) is 48.0 Å². The lowest BCUT2D eigenvalue weighted by Crippen LogP contribution is -2.31. The van der Waals surface area contributed by atoms with Crippen molar-refractivity contribution in [3.63, 3.8) is 0 Å². The molecule has 0 radical (unpaired) electrons. The van der Waals surface area contributed by atoms with Crippen LogP contribution < -0.4 is 26.3 Å². The van der Waals surface area contributed by atoms with Gasteiger partial charge in [0.15, 0.2) is 30.2 Å². The first-order valence-corrected chi connectivity index (χ1v) is 8.23. The number of aromatic nitrogens is 2. The molecule has 138 valence electrons. The van der Waals surface area contributed by atoms with E-state index in [0.717, 1.165) is 16.6 Å². The van der Waals surface area contributed by atoms with Gasteiger partial charge in [-0.25, -0.2) is 9.98 Å². The molecule has 1 atom stereocenters. The first-order chi connectivity index (χ1) is 13.1. The van der Waals surface area contributed by atoms with Crippen molar-refractivity contribution in [2.45, 2.75) is 6.17 Å². The molecule has 0 aliphatic carbocycles. The standard InChI is InChI=1S/C18H18N6O3/c1-26-14-8-10(6-7-13(14)27-9-15(19)25)16-22-17(20)23-18-21-11-4-2-3-5-12(11)24(16)18/h2-8,16H,9H2,1H3,(H2,19,25)(H3,20,21,22,23). The van der Waals surface area contributed by atoms with Crippen molar-refractivity contribution in [1.82, 2.24) is 9.55 Å². The van der Waals surface area contributed by atoms with Gasteiger partial charge in [-0.2, -0.15) is 0 Å². The number of nitrogens with two attached hydrogens (primary N) is 2. The molecular formula is C18H18N6O3. The third-order valence-electron chi connectivity index (χ3n) is 4.20. The Hall–Kier alpha value is -3.75. The maximum absolute atomic E-state index is 11.0. The number of ether oxygens (including phenoxy) is 2. The predicted molar refractivity (Wildman–Crippen MR) is 101 cm³/mol. The van der Waals surface area contributed by atoms with E-state index in [1.165, 1.54) is 7.11 Å². The van der Waals surface area contributed by atoms with Crippen LogP contribution in [0.1, 0.15) is 11.7 Å². The molecule has 1 aliphatic heterocycles. The maximum Gasteiger partial charge on any atom is 0.255 e. The summed E-state index contributed by atoms with van der Waals surface area (Å²) in [6.07, 6.45) is -0.423. The quantitative estimate of drug-likeness (QED) is 0.622. The number of primary amides is 1. The van der Waals surface area contributed by atoms with E-state index >= 15 is 0 Å². The smallest absolute Gasteiger partial charge is 0.255 e. The van der Waals surface area contributed by atoms with Crippen LogP contribution in [0.2, 0.25) is 0 Å². The number of guanidine groups is 1. The number of imidazole rings is 1. The monoisotopic (exact) mass is 366 g/mol. The average molecular weight is 366 g/mol. The number of benzene rings is 2. The normalized spacial score (nSPS) is 15.6. The highest BCUT2D eigenvalue weighted by molar-refractivity contribution is 5.94. The molecule has 2 aromatic carbocycles. The highest BCUT2D eigenvalue weighted by Crippen LogP contribution is 2.36. The number of aliphatic imine (C=N–C) groups is 1. The Morgan fingerprint density at radius 2 is 2.07 bits per heavy atom. The lowest BCUT2D eigenvalue weighted by molar-refractivity contribution is -0.119. The largest absolute Gasteiger partial charge is 0.493 e. The summed E-state index contributed by atoms with van der Waals surface area (Å²) in [7, 11) is 1.52. The Labute approximate surface area is 154 Å². The van der Waals surface area contributed by atoms with Gasteiger partial charge < -0.3 is 20.9 Å². The summed E-state index contributed by atoms with van der Waals surface area (Å²) >= 11 is 0. The van der Waals surface area contributed by atoms with Gasteiger partial charge in [-0.05, 0) is 24.3 Å². The third kappa shape index (κ3) is 2.99. The van der Waals surface area contributed by atoms with Crippen LogP contribution in [0.5, 0.6) is 11.5 Å². The Bertz CT molecular complexity index is 1060. The number of carbonyl (C=O) groups excluding carboxylic acids is 1. The van der Waals surface area contributed by atoms with E-state index in [9.17, 15) is 4.79 Å². The number of amides is 1. The SMILES string of the molecule is COc1cc(C2N=C(N)Nc3nc4ccccc4n32)ccc1OCC(N)=O. The number of anilines is 1. The number of methoxy groups -OCH3 is 1. The van der Waals surface area contributed by atoms with E-state index in [4.69, 9.17) is 20.9 Å². The molecule has 3 aromatic rings. The highest BCUT2D eigenvalue weighted by atomic mass is 16.5. The Balaban J connectivity index is 1.79. The van der Waals surface area contributed by atoms with Gasteiger partial charge in [0, 0.05) is 5.56 Å². The summed E-state index contributed by atoms with van der Waals surface area (Å²) in [5.74, 6) is 1.21. The Morgan fingerprint density at radius 1 is 1.26 bits per heavy atom. The lowest BCUT2D eigenvalue weighted by atomic mass is 10.1. The molecule has 0 spiro atoms. The molecule has 1 aromatic heterocycles. The minimum Gasteiger partial charge on any atom is -0.493 e. The molecule has 0 bridgehead atoms. The predicted octanol–water partition coefficient (Wildman–Crippen LogP) is 1.20. The van der Waals surface area contributed by atoms with Crippen molar-refractivity contribution in [3.8, 4) is 11.5 Å². The van der Waals surface area contributed by atoms with Gasteiger partial charge in [-0.15, -0.1) is 0 Å². The van der Waals surface area contributed by atoms with E-state index in [1.807, 2.05) is 34.9 Å². The zero-order chi connectivity index (χ0) is 19.0. The molecule has 0 fully saturated rings. The second-order valence-corrected chi connectivity index (χ2v) is 5.97. The molecule has 9 nitrogen and oxygen atoms in total. The number of nitrogens with one attached hydrogen (secondary N) is 1. The van der Waals surface area contributed by atoms with Crippen LogP contribution in [0.4, 0.5) is 5.95 Å². The van der Waals surface area contributed by atoms with E-state index < -0.39 is 12.1 Å². The average Bonchev–Trinajstić information content (AvgIpc) is 3.03. The van der Waals surface area contributed by atoms with Gasteiger partial charge >= 0.3 is 0 Å². The third-order valence-corrected chi connectivity index (χ3v) is 4.20. The fourth-order valence-corrected chi connectivity index (χ4v) is 3.05. The summed E-state index contributed by atoms with van der Waals surface area (Å²) in [5.41, 5.74) is 13.7. The molecule has 0 saturated carbocycles. The minimum absolute atomic E-state index is 0.232. The highest BCUT2D eigenvalue weighted by Gasteiger charge is 2.25. The molecule has 0 saturated heterocycles. The van der Waals surface area contributed by atoms with E-state index in [-0.39, 0.29) is 12.6 Å². The fraction of sp³-hybridized carbons (Fsp3) is 0.167. The van der Waals surface area contributed by atoms with Crippen LogP contribution in [-0.2, 0) is 4.79 Å². The van der Waals surface area contributed by atoms with Crippen LogP contribution in [-0.4, -0.2) is 35.1 Å². The van der Waals surface area contributed by atoms with Gasteiger partial charge in [-0.1, -0.05) is 18.2 Å². The second-order valence-electron chi connectivity index (χ2n) is 5.97. The van der Waals surface area contributed by atoms with Crippen molar-refractivity contribution >= 4 is 28.8 Å². The van der Waals surface area contributed by atoms with Gasteiger partial charge in [-0.3, -0.25) is 14.7 Å². The van der Waals surface area contributed by atoms with Crippen LogP contribution in [0.3, 0.4) is 0 Å². The van der Waals surface area contributed by atoms with E-state index in [0.29, 0.717) is 17.4 Å². The first-order valence-electron chi connectivity index (χ1n) is 8.23. The number of para-hydroxylation sites is 2. The van der Waals surface area contributed by atoms with Gasteiger partial charge in [0.2, 0.25) is 5.95 Å². The summed E-state index contributed by atoms with van der Waals surface area (Å²) in [5, 5.41) is 2.99. The van der Waals surface area contributed by atoms with E-state index in [1.54, 1.807) is 12.1 Å². The van der Waals surface area contributed by atoms with Crippen molar-refractivity contribution in [2.24, 2.45) is 16.5 Å². The van der Waals surface area contributed by atoms with Gasteiger partial charge in [0.1, 0.15) is 0 Å². The summed E-state index contributed by atoms with van der Waals surface area (Å²) in [6.45, 7) is -0.232. The number of fused-ring (bicyclic) bond motifs is 3. The number of nitrogens with zero attached hydrogens (tertiary/aromatic N) is 3. The van der Waals surface area contributed by atoms with Crippen molar-refractivity contribution in [1.29, 1.82) is 0 Å². The Morgan fingerprint density at radius 3 is 2.85 bits per heavy atom. The zero-order valence-electron chi connectivity index (χ0n) is 14.5. The zero-order valence-corrected chi connectivity index (χ0v) is 14.5. The Kier molecular flexibility index (Phi) is 4.03.